The summed E-state index contributed by atoms with van der Waals surface area (Å²) in [5, 5.41) is 6.38. The SMILES string of the molecule is C=CC(=O)N[C@H]1CCCC[C@H]1Nc1ncc2c(n1)N(C)C(=O)N(c1c(C)c(OC)cc(OC)c1C)C2. The zero-order valence-corrected chi connectivity index (χ0v) is 21.6. The van der Waals surface area contributed by atoms with Gasteiger partial charge >= 0.3 is 6.03 Å². The Labute approximate surface area is 211 Å². The van der Waals surface area contributed by atoms with Crippen LogP contribution in [0, 0.1) is 13.8 Å². The zero-order valence-electron chi connectivity index (χ0n) is 21.6. The van der Waals surface area contributed by atoms with Crippen molar-refractivity contribution >= 4 is 29.4 Å². The Morgan fingerprint density at radius 3 is 2.39 bits per heavy atom. The summed E-state index contributed by atoms with van der Waals surface area (Å²) < 4.78 is 11.1. The fraction of sp³-hybridized carbons (Fsp3) is 0.462. The topological polar surface area (TPSA) is 109 Å². The fourth-order valence-electron chi connectivity index (χ4n) is 5.12. The molecule has 0 spiro atoms. The fourth-order valence-corrected chi connectivity index (χ4v) is 5.12. The van der Waals surface area contributed by atoms with E-state index in [9.17, 15) is 9.59 Å². The van der Waals surface area contributed by atoms with E-state index in [1.54, 1.807) is 32.4 Å². The quantitative estimate of drug-likeness (QED) is 0.565. The van der Waals surface area contributed by atoms with Gasteiger partial charge in [-0.2, -0.15) is 4.98 Å². The molecule has 2 aliphatic rings. The van der Waals surface area contributed by atoms with Crippen molar-refractivity contribution in [3.05, 3.63) is 41.6 Å². The van der Waals surface area contributed by atoms with Crippen LogP contribution in [-0.2, 0) is 11.3 Å². The normalized spacial score (nSPS) is 19.4. The average Bonchev–Trinajstić information content (AvgIpc) is 2.88. The van der Waals surface area contributed by atoms with Crippen LogP contribution >= 0.6 is 0 Å². The maximum atomic E-state index is 13.5. The average molecular weight is 495 g/mol. The summed E-state index contributed by atoms with van der Waals surface area (Å²) >= 11 is 0. The number of rotatable bonds is 7. The van der Waals surface area contributed by atoms with Gasteiger partial charge in [0.05, 0.1) is 26.5 Å². The Bertz CT molecular complexity index is 1160. The first-order chi connectivity index (χ1) is 17.3. The molecule has 2 N–H and O–H groups in total. The monoisotopic (exact) mass is 494 g/mol. The van der Waals surface area contributed by atoms with E-state index in [1.807, 2.05) is 19.9 Å². The summed E-state index contributed by atoms with van der Waals surface area (Å²) in [6.07, 6.45) is 6.91. The summed E-state index contributed by atoms with van der Waals surface area (Å²) in [4.78, 5) is 37.9. The van der Waals surface area contributed by atoms with Gasteiger partial charge in [-0.3, -0.25) is 14.6 Å². The number of carbonyl (C=O) groups excluding carboxylic acids is 2. The number of anilines is 3. The second-order valence-electron chi connectivity index (χ2n) is 9.20. The Morgan fingerprint density at radius 2 is 1.78 bits per heavy atom. The van der Waals surface area contributed by atoms with Crippen LogP contribution in [0.2, 0.25) is 0 Å². The lowest BCUT2D eigenvalue weighted by molar-refractivity contribution is -0.117. The molecule has 2 atom stereocenters. The van der Waals surface area contributed by atoms with E-state index in [0.29, 0.717) is 29.8 Å². The van der Waals surface area contributed by atoms with E-state index >= 15 is 0 Å². The minimum Gasteiger partial charge on any atom is -0.496 e. The standard InChI is InChI=1S/C26H34N6O4/c1-7-22(33)28-18-10-8-9-11-19(18)29-25-27-13-17-14-32(26(34)31(4)24(17)30-25)23-15(2)20(35-5)12-21(36-6)16(23)3/h7,12-13,18-19H,1,8-11,14H2,2-6H3,(H,28,33)(H,27,29,30)/t18-,19+/m0/s1. The summed E-state index contributed by atoms with van der Waals surface area (Å²) in [5.41, 5.74) is 3.28. The molecule has 192 valence electrons. The van der Waals surface area contributed by atoms with Gasteiger partial charge in [0, 0.05) is 48.1 Å². The highest BCUT2D eigenvalue weighted by Crippen LogP contribution is 2.41. The molecule has 3 amide bonds. The number of carbonyl (C=O) groups is 2. The number of nitrogens with zero attached hydrogens (tertiary/aromatic N) is 4. The van der Waals surface area contributed by atoms with Crippen LogP contribution in [0.1, 0.15) is 42.4 Å². The number of nitrogens with one attached hydrogen (secondary N) is 2. The molecule has 1 aromatic heterocycles. The van der Waals surface area contributed by atoms with Crippen molar-refractivity contribution in [2.75, 3.05) is 36.4 Å². The molecule has 1 fully saturated rings. The Morgan fingerprint density at radius 1 is 1.14 bits per heavy atom. The molecule has 2 aromatic rings. The van der Waals surface area contributed by atoms with Crippen molar-refractivity contribution in [2.45, 2.75) is 58.2 Å². The van der Waals surface area contributed by atoms with E-state index in [4.69, 9.17) is 9.47 Å². The van der Waals surface area contributed by atoms with Crippen molar-refractivity contribution in [3.8, 4) is 11.5 Å². The number of hydrogen-bond acceptors (Lipinski definition) is 7. The molecular formula is C26H34N6O4. The first-order valence-electron chi connectivity index (χ1n) is 12.1. The number of methoxy groups -OCH3 is 2. The number of amides is 3. The molecule has 1 saturated carbocycles. The third-order valence-electron chi connectivity index (χ3n) is 7.02. The van der Waals surface area contributed by atoms with E-state index in [-0.39, 0.29) is 24.0 Å². The van der Waals surface area contributed by atoms with Crippen LogP contribution < -0.4 is 29.9 Å². The van der Waals surface area contributed by atoms with Gasteiger partial charge in [0.25, 0.3) is 0 Å². The van der Waals surface area contributed by atoms with E-state index < -0.39 is 0 Å². The third-order valence-corrected chi connectivity index (χ3v) is 7.02. The van der Waals surface area contributed by atoms with Crippen LogP contribution in [0.5, 0.6) is 11.5 Å². The lowest BCUT2D eigenvalue weighted by atomic mass is 9.90. The molecule has 10 heteroatoms. The predicted octanol–water partition coefficient (Wildman–Crippen LogP) is 3.71. The number of urea groups is 1. The third kappa shape index (κ3) is 4.67. The molecule has 0 bridgehead atoms. The van der Waals surface area contributed by atoms with Crippen LogP contribution in [0.3, 0.4) is 0 Å². The van der Waals surface area contributed by atoms with E-state index in [2.05, 4.69) is 27.2 Å². The minimum atomic E-state index is -0.206. The van der Waals surface area contributed by atoms with Crippen molar-refractivity contribution in [2.24, 2.45) is 0 Å². The molecule has 2 heterocycles. The van der Waals surface area contributed by atoms with Gasteiger partial charge in [-0.15, -0.1) is 0 Å². The molecular weight excluding hydrogens is 460 g/mol. The molecule has 36 heavy (non-hydrogen) atoms. The summed E-state index contributed by atoms with van der Waals surface area (Å²) in [6, 6.07) is 1.59. The summed E-state index contributed by atoms with van der Waals surface area (Å²) in [6.45, 7) is 7.72. The highest BCUT2D eigenvalue weighted by Gasteiger charge is 2.34. The smallest absolute Gasteiger partial charge is 0.330 e. The number of hydrogen-bond donors (Lipinski definition) is 2. The lowest BCUT2D eigenvalue weighted by Crippen LogP contribution is -2.49. The van der Waals surface area contributed by atoms with Gasteiger partial charge in [-0.25, -0.2) is 9.78 Å². The number of fused-ring (bicyclic) bond motifs is 1. The van der Waals surface area contributed by atoms with Gasteiger partial charge in [-0.05, 0) is 32.8 Å². The number of aromatic nitrogens is 2. The molecule has 10 nitrogen and oxygen atoms in total. The van der Waals surface area contributed by atoms with Crippen LogP contribution in [0.15, 0.2) is 24.9 Å². The minimum absolute atomic E-state index is 0.00338. The molecule has 1 aliphatic heterocycles. The molecule has 1 aliphatic carbocycles. The number of benzene rings is 1. The second kappa shape index (κ2) is 10.4. The van der Waals surface area contributed by atoms with Crippen LogP contribution in [0.25, 0.3) is 0 Å². The first-order valence-corrected chi connectivity index (χ1v) is 12.1. The summed E-state index contributed by atoms with van der Waals surface area (Å²) in [7, 11) is 4.91. The molecule has 0 radical (unpaired) electrons. The highest BCUT2D eigenvalue weighted by atomic mass is 16.5. The van der Waals surface area contributed by atoms with Crippen molar-refractivity contribution in [1.82, 2.24) is 15.3 Å². The largest absolute Gasteiger partial charge is 0.496 e. The molecule has 1 aromatic carbocycles. The van der Waals surface area contributed by atoms with Crippen LogP contribution in [0.4, 0.5) is 22.2 Å². The zero-order chi connectivity index (χ0) is 26.0. The van der Waals surface area contributed by atoms with Gasteiger partial charge in [0.15, 0.2) is 0 Å². The van der Waals surface area contributed by atoms with Crippen molar-refractivity contribution in [1.29, 1.82) is 0 Å². The van der Waals surface area contributed by atoms with Crippen LogP contribution in [-0.4, -0.2) is 55.3 Å². The maximum Gasteiger partial charge on any atom is 0.330 e. The Kier molecular flexibility index (Phi) is 7.32. The molecule has 0 saturated heterocycles. The predicted molar refractivity (Wildman–Crippen MR) is 139 cm³/mol. The Hall–Kier alpha value is -3.82. The van der Waals surface area contributed by atoms with Gasteiger partial charge in [0.2, 0.25) is 11.9 Å². The van der Waals surface area contributed by atoms with Crippen molar-refractivity contribution < 1.29 is 19.1 Å². The number of ether oxygens (including phenoxy) is 2. The second-order valence-corrected chi connectivity index (χ2v) is 9.20. The van der Waals surface area contributed by atoms with E-state index in [0.717, 1.165) is 48.1 Å². The van der Waals surface area contributed by atoms with E-state index in [1.165, 1.54) is 11.0 Å². The first kappa shape index (κ1) is 25.3. The molecule has 0 unspecified atom stereocenters. The maximum absolute atomic E-state index is 13.5. The van der Waals surface area contributed by atoms with Gasteiger partial charge < -0.3 is 20.1 Å². The molecule has 4 rings (SSSR count). The van der Waals surface area contributed by atoms with Crippen molar-refractivity contribution in [3.63, 3.8) is 0 Å². The highest BCUT2D eigenvalue weighted by molar-refractivity contribution is 6.06. The lowest BCUT2D eigenvalue weighted by Gasteiger charge is -2.36. The summed E-state index contributed by atoms with van der Waals surface area (Å²) in [5.74, 6) is 2.10. The Balaban J connectivity index is 1.62. The van der Waals surface area contributed by atoms with Gasteiger partial charge in [-0.1, -0.05) is 19.4 Å². The van der Waals surface area contributed by atoms with Gasteiger partial charge in [0.1, 0.15) is 17.3 Å².